The van der Waals surface area contributed by atoms with Crippen molar-refractivity contribution in [2.24, 2.45) is 5.73 Å². The number of halogens is 1. The number of benzene rings is 1. The standard InChI is InChI=1S/C10H11FN2O6S/c1-5-2-6(3-7(9(5)11)10(15)16)20(17,18)13-19-4-8(12)14/h2-3,13H,4H2,1H3,(H2,12,14)(H,15,16). The quantitative estimate of drug-likeness (QED) is 0.608. The molecule has 0 saturated carbocycles. The number of sulfonamides is 1. The van der Waals surface area contributed by atoms with E-state index in [1.807, 2.05) is 0 Å². The molecule has 0 fully saturated rings. The summed E-state index contributed by atoms with van der Waals surface area (Å²) < 4.78 is 37.0. The molecule has 0 aliphatic heterocycles. The second-order valence-electron chi connectivity index (χ2n) is 3.75. The zero-order valence-corrected chi connectivity index (χ0v) is 11.0. The van der Waals surface area contributed by atoms with Gasteiger partial charge in [0.2, 0.25) is 5.91 Å². The lowest BCUT2D eigenvalue weighted by atomic mass is 10.1. The highest BCUT2D eigenvalue weighted by Gasteiger charge is 2.21. The van der Waals surface area contributed by atoms with Crippen molar-refractivity contribution in [3.63, 3.8) is 0 Å². The second kappa shape index (κ2) is 5.94. The van der Waals surface area contributed by atoms with E-state index in [4.69, 9.17) is 10.8 Å². The van der Waals surface area contributed by atoms with Gasteiger partial charge in [0.15, 0.2) is 0 Å². The van der Waals surface area contributed by atoms with Crippen LogP contribution in [0.1, 0.15) is 15.9 Å². The number of hydrogen-bond donors (Lipinski definition) is 3. The number of primary amides is 1. The Morgan fingerprint density at radius 2 is 2.05 bits per heavy atom. The predicted molar refractivity (Wildman–Crippen MR) is 63.6 cm³/mol. The van der Waals surface area contributed by atoms with Crippen LogP contribution in [0.4, 0.5) is 4.39 Å². The number of aryl methyl sites for hydroxylation is 1. The van der Waals surface area contributed by atoms with Crippen molar-refractivity contribution in [1.29, 1.82) is 0 Å². The lowest BCUT2D eigenvalue weighted by Crippen LogP contribution is -2.29. The Balaban J connectivity index is 3.13. The van der Waals surface area contributed by atoms with Gasteiger partial charge in [-0.25, -0.2) is 17.6 Å². The van der Waals surface area contributed by atoms with Crippen LogP contribution in [-0.4, -0.2) is 32.0 Å². The largest absolute Gasteiger partial charge is 0.478 e. The van der Waals surface area contributed by atoms with E-state index in [1.165, 1.54) is 6.92 Å². The maximum absolute atomic E-state index is 13.5. The summed E-state index contributed by atoms with van der Waals surface area (Å²) in [5.41, 5.74) is 3.78. The first-order valence-corrected chi connectivity index (χ1v) is 6.59. The van der Waals surface area contributed by atoms with E-state index in [0.29, 0.717) is 6.07 Å². The molecule has 1 aromatic carbocycles. The number of carbonyl (C=O) groups is 2. The summed E-state index contributed by atoms with van der Waals surface area (Å²) in [6.07, 6.45) is 0. The molecule has 8 nitrogen and oxygen atoms in total. The molecule has 0 aromatic heterocycles. The fraction of sp³-hybridized carbons (Fsp3) is 0.200. The van der Waals surface area contributed by atoms with Crippen LogP contribution in [0, 0.1) is 12.7 Å². The third kappa shape index (κ3) is 3.73. The van der Waals surface area contributed by atoms with Gasteiger partial charge in [-0.15, -0.1) is 0 Å². The summed E-state index contributed by atoms with van der Waals surface area (Å²) >= 11 is 0. The molecule has 0 saturated heterocycles. The van der Waals surface area contributed by atoms with Gasteiger partial charge in [0, 0.05) is 0 Å². The number of hydrogen-bond acceptors (Lipinski definition) is 5. The van der Waals surface area contributed by atoms with Gasteiger partial charge in [-0.2, -0.15) is 0 Å². The van der Waals surface area contributed by atoms with Crippen molar-refractivity contribution in [2.45, 2.75) is 11.8 Å². The molecule has 0 aliphatic rings. The molecule has 110 valence electrons. The normalized spacial score (nSPS) is 11.3. The molecule has 0 unspecified atom stereocenters. The maximum atomic E-state index is 13.5. The summed E-state index contributed by atoms with van der Waals surface area (Å²) in [6, 6.07) is 1.57. The van der Waals surface area contributed by atoms with Crippen molar-refractivity contribution in [3.05, 3.63) is 29.1 Å². The zero-order valence-electron chi connectivity index (χ0n) is 10.2. The highest BCUT2D eigenvalue weighted by Crippen LogP contribution is 2.19. The molecule has 1 amide bonds. The summed E-state index contributed by atoms with van der Waals surface area (Å²) in [5.74, 6) is -3.55. The number of carbonyl (C=O) groups excluding carboxylic acids is 1. The molecule has 0 heterocycles. The Bertz CT molecular complexity index is 658. The SMILES string of the molecule is Cc1cc(S(=O)(=O)NOCC(N)=O)cc(C(=O)O)c1F. The van der Waals surface area contributed by atoms with Gasteiger partial charge in [0.25, 0.3) is 10.0 Å². The van der Waals surface area contributed by atoms with Crippen molar-refractivity contribution in [2.75, 3.05) is 6.61 Å². The van der Waals surface area contributed by atoms with Gasteiger partial charge < -0.3 is 10.8 Å². The third-order valence-electron chi connectivity index (χ3n) is 2.15. The van der Waals surface area contributed by atoms with Crippen LogP contribution in [0.15, 0.2) is 17.0 Å². The second-order valence-corrected chi connectivity index (χ2v) is 5.39. The van der Waals surface area contributed by atoms with E-state index in [-0.39, 0.29) is 5.56 Å². The third-order valence-corrected chi connectivity index (χ3v) is 3.35. The van der Waals surface area contributed by atoms with Crippen molar-refractivity contribution in [1.82, 2.24) is 4.89 Å². The number of nitrogens with one attached hydrogen (secondary N) is 1. The smallest absolute Gasteiger partial charge is 0.338 e. The molecule has 1 aromatic rings. The lowest BCUT2D eigenvalue weighted by Gasteiger charge is -2.09. The number of carboxylic acids is 1. The van der Waals surface area contributed by atoms with Crippen LogP contribution in [0.2, 0.25) is 0 Å². The minimum Gasteiger partial charge on any atom is -0.478 e. The Morgan fingerprint density at radius 1 is 1.45 bits per heavy atom. The average molecular weight is 306 g/mol. The maximum Gasteiger partial charge on any atom is 0.338 e. The molecule has 0 bridgehead atoms. The lowest BCUT2D eigenvalue weighted by molar-refractivity contribution is -0.123. The van der Waals surface area contributed by atoms with Crippen molar-refractivity contribution >= 4 is 21.9 Å². The number of nitrogens with two attached hydrogens (primary N) is 1. The van der Waals surface area contributed by atoms with Crippen molar-refractivity contribution < 1.29 is 32.3 Å². The van der Waals surface area contributed by atoms with Gasteiger partial charge in [0.1, 0.15) is 12.4 Å². The van der Waals surface area contributed by atoms with Crippen LogP contribution in [-0.2, 0) is 19.7 Å². The number of amides is 1. The van der Waals surface area contributed by atoms with Crippen LogP contribution < -0.4 is 10.6 Å². The highest BCUT2D eigenvalue weighted by molar-refractivity contribution is 7.89. The highest BCUT2D eigenvalue weighted by atomic mass is 32.2. The fourth-order valence-corrected chi connectivity index (χ4v) is 2.19. The first-order valence-electron chi connectivity index (χ1n) is 5.10. The van der Waals surface area contributed by atoms with E-state index in [2.05, 4.69) is 4.84 Å². The molecule has 0 aliphatic carbocycles. The van der Waals surface area contributed by atoms with Gasteiger partial charge in [-0.1, -0.05) is 4.89 Å². The molecule has 20 heavy (non-hydrogen) atoms. The van der Waals surface area contributed by atoms with Crippen LogP contribution >= 0.6 is 0 Å². The van der Waals surface area contributed by atoms with Gasteiger partial charge >= 0.3 is 5.97 Å². The fourth-order valence-electron chi connectivity index (χ4n) is 1.27. The van der Waals surface area contributed by atoms with E-state index in [9.17, 15) is 22.4 Å². The Hall–Kier alpha value is -2.04. The monoisotopic (exact) mass is 306 g/mol. The molecule has 0 spiro atoms. The predicted octanol–water partition coefficient (Wildman–Crippen LogP) is -0.472. The Morgan fingerprint density at radius 3 is 2.55 bits per heavy atom. The van der Waals surface area contributed by atoms with E-state index >= 15 is 0 Å². The molecule has 1 rings (SSSR count). The molecular formula is C10H11FN2O6S. The van der Waals surface area contributed by atoms with E-state index in [1.54, 1.807) is 4.89 Å². The number of aromatic carboxylic acids is 1. The summed E-state index contributed by atoms with van der Waals surface area (Å²) in [6.45, 7) is 0.510. The molecular weight excluding hydrogens is 295 g/mol. The Labute approximate surface area is 113 Å². The van der Waals surface area contributed by atoms with Crippen LogP contribution in [0.3, 0.4) is 0 Å². The summed E-state index contributed by atoms with van der Waals surface area (Å²) in [7, 11) is -4.26. The molecule has 4 N–H and O–H groups in total. The van der Waals surface area contributed by atoms with Gasteiger partial charge in [-0.3, -0.25) is 9.63 Å². The Kier molecular flexibility index (Phi) is 4.76. The van der Waals surface area contributed by atoms with Gasteiger partial charge in [0.05, 0.1) is 10.5 Å². The first kappa shape index (κ1) is 16.0. The van der Waals surface area contributed by atoms with Gasteiger partial charge in [-0.05, 0) is 24.6 Å². The van der Waals surface area contributed by atoms with Crippen LogP contribution in [0.25, 0.3) is 0 Å². The topological polar surface area (TPSA) is 136 Å². The van der Waals surface area contributed by atoms with E-state index in [0.717, 1.165) is 6.07 Å². The van der Waals surface area contributed by atoms with Crippen molar-refractivity contribution in [3.8, 4) is 0 Å². The number of carboxylic acid groups (broad SMARTS) is 1. The molecule has 0 radical (unpaired) electrons. The minimum atomic E-state index is -4.26. The summed E-state index contributed by atoms with van der Waals surface area (Å²) in [4.78, 5) is 26.6. The number of rotatable bonds is 6. The molecule has 10 heteroatoms. The zero-order chi connectivity index (χ0) is 15.5. The average Bonchev–Trinajstić information content (AvgIpc) is 2.31. The molecule has 0 atom stereocenters. The minimum absolute atomic E-state index is 0.167. The van der Waals surface area contributed by atoms with Crippen LogP contribution in [0.5, 0.6) is 0 Å². The van der Waals surface area contributed by atoms with E-state index < -0.39 is 44.8 Å². The first-order chi connectivity index (χ1) is 9.15. The summed E-state index contributed by atoms with van der Waals surface area (Å²) in [5, 5.41) is 8.78.